The van der Waals surface area contributed by atoms with Crippen LogP contribution in [0.15, 0.2) is 35.3 Å². The van der Waals surface area contributed by atoms with Crippen LogP contribution in [-0.4, -0.2) is 93.2 Å². The highest BCUT2D eigenvalue weighted by Crippen LogP contribution is 2.19. The van der Waals surface area contributed by atoms with Gasteiger partial charge in [0.1, 0.15) is 0 Å². The third kappa shape index (κ3) is 6.76. The van der Waals surface area contributed by atoms with Crippen molar-refractivity contribution in [2.24, 2.45) is 4.99 Å². The van der Waals surface area contributed by atoms with Gasteiger partial charge in [-0.2, -0.15) is 0 Å². The average Bonchev–Trinajstić information content (AvgIpc) is 3.05. The maximum absolute atomic E-state index is 4.42. The van der Waals surface area contributed by atoms with E-state index in [0.29, 0.717) is 6.04 Å². The van der Waals surface area contributed by atoms with Crippen LogP contribution in [0.5, 0.6) is 0 Å². The minimum absolute atomic E-state index is 0.583. The molecule has 2 heterocycles. The number of hydrogen-bond donors (Lipinski definition) is 2. The number of nitrogens with one attached hydrogen (secondary N) is 2. The summed E-state index contributed by atoms with van der Waals surface area (Å²) in [7, 11) is 4.09. The Morgan fingerprint density at radius 1 is 1.04 bits per heavy atom. The standard InChI is InChI=1S/C22H38N6/c1-23-22(24-11-15-27-13-7-12-26(2)16-17-27)25-18-21-10-6-14-28(21)19-20-8-4-3-5-9-20/h3-5,8-9,21H,6-7,10-19H2,1-2H3,(H2,23,24,25). The fraction of sp³-hybridized carbons (Fsp3) is 0.682. The van der Waals surface area contributed by atoms with Gasteiger partial charge in [-0.1, -0.05) is 30.3 Å². The van der Waals surface area contributed by atoms with E-state index in [9.17, 15) is 0 Å². The molecule has 1 aromatic rings. The van der Waals surface area contributed by atoms with Crippen molar-refractivity contribution in [3.8, 4) is 0 Å². The van der Waals surface area contributed by atoms with Crippen LogP contribution < -0.4 is 10.6 Å². The van der Waals surface area contributed by atoms with Gasteiger partial charge in [-0.05, 0) is 51.5 Å². The number of guanidine groups is 1. The molecule has 3 rings (SSSR count). The normalized spacial score (nSPS) is 22.9. The maximum Gasteiger partial charge on any atom is 0.191 e. The highest BCUT2D eigenvalue weighted by atomic mass is 15.2. The molecule has 0 aliphatic carbocycles. The van der Waals surface area contributed by atoms with Crippen LogP contribution in [0.3, 0.4) is 0 Å². The van der Waals surface area contributed by atoms with Crippen LogP contribution in [0.1, 0.15) is 24.8 Å². The van der Waals surface area contributed by atoms with Crippen molar-refractivity contribution >= 4 is 5.96 Å². The van der Waals surface area contributed by atoms with Gasteiger partial charge in [-0.15, -0.1) is 0 Å². The van der Waals surface area contributed by atoms with Gasteiger partial charge in [-0.3, -0.25) is 9.89 Å². The van der Waals surface area contributed by atoms with Crippen molar-refractivity contribution in [3.63, 3.8) is 0 Å². The fourth-order valence-electron chi connectivity index (χ4n) is 4.24. The second kappa shape index (κ2) is 11.4. The summed E-state index contributed by atoms with van der Waals surface area (Å²) in [5.41, 5.74) is 1.40. The summed E-state index contributed by atoms with van der Waals surface area (Å²) in [4.78, 5) is 12.0. The van der Waals surface area contributed by atoms with Crippen LogP contribution in [0.4, 0.5) is 0 Å². The van der Waals surface area contributed by atoms with Gasteiger partial charge in [-0.25, -0.2) is 0 Å². The van der Waals surface area contributed by atoms with Crippen LogP contribution in [-0.2, 0) is 6.54 Å². The molecule has 2 aliphatic heterocycles. The van der Waals surface area contributed by atoms with E-state index in [4.69, 9.17) is 0 Å². The molecule has 6 heteroatoms. The molecule has 0 aromatic heterocycles. The lowest BCUT2D eigenvalue weighted by Gasteiger charge is -2.26. The Balaban J connectivity index is 1.37. The Bertz CT molecular complexity index is 590. The monoisotopic (exact) mass is 386 g/mol. The molecule has 2 aliphatic rings. The first-order chi connectivity index (χ1) is 13.7. The fourth-order valence-corrected chi connectivity index (χ4v) is 4.24. The van der Waals surface area contributed by atoms with Gasteiger partial charge in [0.2, 0.25) is 0 Å². The number of benzene rings is 1. The van der Waals surface area contributed by atoms with Gasteiger partial charge in [0, 0.05) is 52.4 Å². The summed E-state index contributed by atoms with van der Waals surface area (Å²) in [5, 5.41) is 7.06. The molecule has 1 aromatic carbocycles. The SMILES string of the molecule is CN=C(NCCN1CCCN(C)CC1)NCC1CCCN1Cc1ccccc1. The molecule has 2 saturated heterocycles. The minimum Gasteiger partial charge on any atom is -0.355 e. The van der Waals surface area contributed by atoms with E-state index in [1.807, 2.05) is 7.05 Å². The van der Waals surface area contributed by atoms with Gasteiger partial charge in [0.05, 0.1) is 0 Å². The molecule has 0 radical (unpaired) electrons. The third-order valence-corrected chi connectivity index (χ3v) is 5.99. The Labute approximate surface area is 171 Å². The van der Waals surface area contributed by atoms with Crippen LogP contribution in [0.25, 0.3) is 0 Å². The average molecular weight is 387 g/mol. The van der Waals surface area contributed by atoms with Crippen molar-refractivity contribution < 1.29 is 0 Å². The van der Waals surface area contributed by atoms with E-state index >= 15 is 0 Å². The summed E-state index contributed by atoms with van der Waals surface area (Å²) in [6.07, 6.45) is 3.81. The van der Waals surface area contributed by atoms with Crippen LogP contribution in [0, 0.1) is 0 Å². The lowest BCUT2D eigenvalue weighted by molar-refractivity contribution is 0.245. The Morgan fingerprint density at radius 3 is 2.71 bits per heavy atom. The quantitative estimate of drug-likeness (QED) is 0.549. The molecular formula is C22H38N6. The molecule has 2 fully saturated rings. The molecule has 0 saturated carbocycles. The van der Waals surface area contributed by atoms with E-state index in [0.717, 1.165) is 32.1 Å². The maximum atomic E-state index is 4.42. The lowest BCUT2D eigenvalue weighted by Crippen LogP contribution is -2.46. The predicted octanol–water partition coefficient (Wildman–Crippen LogP) is 1.45. The molecule has 2 N–H and O–H groups in total. The Morgan fingerprint density at radius 2 is 1.89 bits per heavy atom. The van der Waals surface area contributed by atoms with E-state index < -0.39 is 0 Å². The molecule has 156 valence electrons. The van der Waals surface area contributed by atoms with Crippen LogP contribution >= 0.6 is 0 Å². The number of aliphatic imine (C=N–C) groups is 1. The smallest absolute Gasteiger partial charge is 0.191 e. The van der Waals surface area contributed by atoms with Crippen molar-refractivity contribution in [2.45, 2.75) is 31.8 Å². The summed E-state index contributed by atoms with van der Waals surface area (Å²) < 4.78 is 0. The number of likely N-dealkylation sites (N-methyl/N-ethyl adjacent to an activating group) is 1. The summed E-state index contributed by atoms with van der Waals surface area (Å²) in [5.74, 6) is 0.929. The summed E-state index contributed by atoms with van der Waals surface area (Å²) >= 11 is 0. The second-order valence-corrected chi connectivity index (χ2v) is 8.13. The van der Waals surface area contributed by atoms with Crippen LogP contribution in [0.2, 0.25) is 0 Å². The van der Waals surface area contributed by atoms with E-state index in [1.165, 1.54) is 57.5 Å². The van der Waals surface area contributed by atoms with Crippen molar-refractivity contribution in [1.29, 1.82) is 0 Å². The summed E-state index contributed by atoms with van der Waals surface area (Å²) in [6.45, 7) is 9.98. The molecule has 6 nitrogen and oxygen atoms in total. The van der Waals surface area contributed by atoms with Gasteiger partial charge in [0.25, 0.3) is 0 Å². The minimum atomic E-state index is 0.583. The largest absolute Gasteiger partial charge is 0.355 e. The molecule has 28 heavy (non-hydrogen) atoms. The Kier molecular flexibility index (Phi) is 8.58. The number of nitrogens with zero attached hydrogens (tertiary/aromatic N) is 4. The first-order valence-electron chi connectivity index (χ1n) is 10.9. The van der Waals surface area contributed by atoms with Crippen molar-refractivity contribution in [1.82, 2.24) is 25.3 Å². The van der Waals surface area contributed by atoms with E-state index in [2.05, 4.69) is 67.7 Å². The van der Waals surface area contributed by atoms with Gasteiger partial charge < -0.3 is 20.4 Å². The third-order valence-electron chi connectivity index (χ3n) is 5.99. The number of hydrogen-bond acceptors (Lipinski definition) is 4. The zero-order valence-electron chi connectivity index (χ0n) is 17.7. The first-order valence-corrected chi connectivity index (χ1v) is 10.9. The molecule has 1 unspecified atom stereocenters. The highest BCUT2D eigenvalue weighted by Gasteiger charge is 2.24. The Hall–Kier alpha value is -1.63. The van der Waals surface area contributed by atoms with Gasteiger partial charge in [0.15, 0.2) is 5.96 Å². The van der Waals surface area contributed by atoms with Crippen molar-refractivity contribution in [3.05, 3.63) is 35.9 Å². The molecule has 0 bridgehead atoms. The zero-order chi connectivity index (χ0) is 19.6. The predicted molar refractivity (Wildman–Crippen MR) is 118 cm³/mol. The first kappa shape index (κ1) is 21.1. The van der Waals surface area contributed by atoms with Gasteiger partial charge >= 0.3 is 0 Å². The molecule has 0 spiro atoms. The second-order valence-electron chi connectivity index (χ2n) is 8.13. The zero-order valence-corrected chi connectivity index (χ0v) is 17.7. The molecular weight excluding hydrogens is 348 g/mol. The number of rotatable bonds is 7. The lowest BCUT2D eigenvalue weighted by atomic mass is 10.2. The topological polar surface area (TPSA) is 46.1 Å². The highest BCUT2D eigenvalue weighted by molar-refractivity contribution is 5.79. The molecule has 1 atom stereocenters. The number of likely N-dealkylation sites (tertiary alicyclic amines) is 1. The summed E-state index contributed by atoms with van der Waals surface area (Å²) in [6, 6.07) is 11.4. The van der Waals surface area contributed by atoms with E-state index in [-0.39, 0.29) is 0 Å². The van der Waals surface area contributed by atoms with E-state index in [1.54, 1.807) is 0 Å². The van der Waals surface area contributed by atoms with Crippen molar-refractivity contribution in [2.75, 3.05) is 66.5 Å². The molecule has 0 amide bonds.